The minimum atomic E-state index is -4.25. The van der Waals surface area contributed by atoms with Gasteiger partial charge in [-0.3, -0.25) is 4.90 Å². The van der Waals surface area contributed by atoms with Crippen LogP contribution in [0.5, 0.6) is 0 Å². The normalized spacial score (nSPS) is 12.1. The van der Waals surface area contributed by atoms with Crippen LogP contribution in [0.1, 0.15) is 5.56 Å². The van der Waals surface area contributed by atoms with Crippen molar-refractivity contribution in [2.75, 3.05) is 19.6 Å². The van der Waals surface area contributed by atoms with Crippen molar-refractivity contribution < 1.29 is 17.6 Å². The number of alkyl halides is 3. The average molecular weight is 250 g/mol. The largest absolute Gasteiger partial charge is 0.401 e. The highest BCUT2D eigenvalue weighted by atomic mass is 19.4. The molecule has 17 heavy (non-hydrogen) atoms. The van der Waals surface area contributed by atoms with Gasteiger partial charge in [-0.05, 0) is 17.7 Å². The standard InChI is InChI=1S/C11H14F4N2/c12-10-3-1-9(2-4-10)7-17(6-5-16)8-11(13,14)15/h1-4H,5-8,16H2. The molecule has 2 N–H and O–H groups in total. The first-order valence-corrected chi connectivity index (χ1v) is 5.14. The molecule has 0 saturated heterocycles. The molecule has 1 aromatic rings. The van der Waals surface area contributed by atoms with Gasteiger partial charge in [0.25, 0.3) is 0 Å². The Bertz CT molecular complexity index is 334. The van der Waals surface area contributed by atoms with Gasteiger partial charge in [0.05, 0.1) is 6.54 Å². The highest BCUT2D eigenvalue weighted by Gasteiger charge is 2.30. The number of nitrogens with two attached hydrogens (primary N) is 1. The van der Waals surface area contributed by atoms with E-state index < -0.39 is 18.5 Å². The van der Waals surface area contributed by atoms with E-state index in [0.717, 1.165) is 0 Å². The van der Waals surface area contributed by atoms with Crippen molar-refractivity contribution >= 4 is 0 Å². The van der Waals surface area contributed by atoms with E-state index in [2.05, 4.69) is 0 Å². The topological polar surface area (TPSA) is 29.3 Å². The lowest BCUT2D eigenvalue weighted by Gasteiger charge is -2.22. The lowest BCUT2D eigenvalue weighted by atomic mass is 10.2. The molecule has 0 radical (unpaired) electrons. The van der Waals surface area contributed by atoms with Gasteiger partial charge in [0, 0.05) is 19.6 Å². The van der Waals surface area contributed by atoms with E-state index in [1.165, 1.54) is 29.2 Å². The maximum atomic E-state index is 12.6. The monoisotopic (exact) mass is 250 g/mol. The Labute approximate surface area is 97.0 Å². The van der Waals surface area contributed by atoms with Crippen molar-refractivity contribution in [3.05, 3.63) is 35.6 Å². The van der Waals surface area contributed by atoms with Crippen molar-refractivity contribution in [2.45, 2.75) is 12.7 Å². The third kappa shape index (κ3) is 5.65. The summed E-state index contributed by atoms with van der Waals surface area (Å²) in [7, 11) is 0. The van der Waals surface area contributed by atoms with Crippen molar-refractivity contribution in [1.29, 1.82) is 0 Å². The fraction of sp³-hybridized carbons (Fsp3) is 0.455. The average Bonchev–Trinajstić information content (AvgIpc) is 2.19. The van der Waals surface area contributed by atoms with Gasteiger partial charge in [-0.15, -0.1) is 0 Å². The Morgan fingerprint density at radius 2 is 1.71 bits per heavy atom. The van der Waals surface area contributed by atoms with E-state index in [0.29, 0.717) is 5.56 Å². The summed E-state index contributed by atoms with van der Waals surface area (Å²) < 4.78 is 49.4. The van der Waals surface area contributed by atoms with Crippen LogP contribution in [0.15, 0.2) is 24.3 Å². The van der Waals surface area contributed by atoms with E-state index in [9.17, 15) is 17.6 Å². The molecule has 0 amide bonds. The van der Waals surface area contributed by atoms with Crippen molar-refractivity contribution in [3.8, 4) is 0 Å². The van der Waals surface area contributed by atoms with Crippen LogP contribution in [-0.4, -0.2) is 30.7 Å². The third-order valence-corrected chi connectivity index (χ3v) is 2.17. The molecule has 2 nitrogen and oxygen atoms in total. The Hall–Kier alpha value is -1.14. The summed E-state index contributed by atoms with van der Waals surface area (Å²) in [5.41, 5.74) is 5.89. The molecule has 0 aliphatic rings. The highest BCUT2D eigenvalue weighted by Crippen LogP contribution is 2.17. The van der Waals surface area contributed by atoms with Crippen LogP contribution in [-0.2, 0) is 6.54 Å². The van der Waals surface area contributed by atoms with Crippen LogP contribution in [0.2, 0.25) is 0 Å². The zero-order valence-corrected chi connectivity index (χ0v) is 9.17. The highest BCUT2D eigenvalue weighted by molar-refractivity contribution is 5.15. The second kappa shape index (κ2) is 5.97. The summed E-state index contributed by atoms with van der Waals surface area (Å²) in [6, 6.07) is 5.39. The molecule has 0 aromatic heterocycles. The summed E-state index contributed by atoms with van der Waals surface area (Å²) in [5.74, 6) is -0.407. The van der Waals surface area contributed by atoms with Gasteiger partial charge in [-0.1, -0.05) is 12.1 Å². The van der Waals surface area contributed by atoms with Crippen LogP contribution in [0.4, 0.5) is 17.6 Å². The minimum absolute atomic E-state index is 0.108. The lowest BCUT2D eigenvalue weighted by molar-refractivity contribution is -0.146. The van der Waals surface area contributed by atoms with Gasteiger partial charge < -0.3 is 5.73 Å². The molecule has 0 saturated carbocycles. The van der Waals surface area contributed by atoms with Gasteiger partial charge in [0.15, 0.2) is 0 Å². The zero-order chi connectivity index (χ0) is 12.9. The fourth-order valence-electron chi connectivity index (χ4n) is 1.50. The number of benzene rings is 1. The van der Waals surface area contributed by atoms with Crippen molar-refractivity contribution in [1.82, 2.24) is 4.90 Å². The van der Waals surface area contributed by atoms with Gasteiger partial charge in [0.2, 0.25) is 0 Å². The number of halogens is 4. The second-order valence-electron chi connectivity index (χ2n) is 3.74. The first-order valence-electron chi connectivity index (χ1n) is 5.14. The quantitative estimate of drug-likeness (QED) is 0.811. The van der Waals surface area contributed by atoms with Crippen LogP contribution in [0.25, 0.3) is 0 Å². The van der Waals surface area contributed by atoms with Gasteiger partial charge in [0.1, 0.15) is 5.82 Å². The molecular weight excluding hydrogens is 236 g/mol. The summed E-state index contributed by atoms with van der Waals surface area (Å²) in [6.45, 7) is -0.604. The Balaban J connectivity index is 2.63. The number of hydrogen-bond donors (Lipinski definition) is 1. The molecule has 0 fully saturated rings. The van der Waals surface area contributed by atoms with E-state index >= 15 is 0 Å². The van der Waals surface area contributed by atoms with Crippen LogP contribution >= 0.6 is 0 Å². The van der Waals surface area contributed by atoms with E-state index in [1.54, 1.807) is 0 Å². The summed E-state index contributed by atoms with van der Waals surface area (Å²) in [6.07, 6.45) is -4.25. The Kier molecular flexibility index (Phi) is 4.89. The lowest BCUT2D eigenvalue weighted by Crippen LogP contribution is -2.37. The Morgan fingerprint density at radius 3 is 2.18 bits per heavy atom. The molecular formula is C11H14F4N2. The number of hydrogen-bond acceptors (Lipinski definition) is 2. The second-order valence-corrected chi connectivity index (χ2v) is 3.74. The summed E-state index contributed by atoms with van der Waals surface area (Å²) in [5, 5.41) is 0. The zero-order valence-electron chi connectivity index (χ0n) is 9.17. The van der Waals surface area contributed by atoms with Crippen molar-refractivity contribution in [2.24, 2.45) is 5.73 Å². The van der Waals surface area contributed by atoms with Crippen LogP contribution < -0.4 is 5.73 Å². The number of nitrogens with zero attached hydrogens (tertiary/aromatic N) is 1. The molecule has 0 unspecified atom stereocenters. The van der Waals surface area contributed by atoms with Gasteiger partial charge in [-0.2, -0.15) is 13.2 Å². The molecule has 6 heteroatoms. The molecule has 1 aromatic carbocycles. The van der Waals surface area contributed by atoms with E-state index in [4.69, 9.17) is 5.73 Å². The number of rotatable bonds is 5. The first-order chi connectivity index (χ1) is 7.90. The van der Waals surface area contributed by atoms with Crippen LogP contribution in [0.3, 0.4) is 0 Å². The molecule has 0 heterocycles. The molecule has 0 spiro atoms. The fourth-order valence-corrected chi connectivity index (χ4v) is 1.50. The molecule has 0 bridgehead atoms. The summed E-state index contributed by atoms with van der Waals surface area (Å²) >= 11 is 0. The third-order valence-electron chi connectivity index (χ3n) is 2.17. The minimum Gasteiger partial charge on any atom is -0.329 e. The van der Waals surface area contributed by atoms with Gasteiger partial charge in [-0.25, -0.2) is 4.39 Å². The predicted molar refractivity (Wildman–Crippen MR) is 56.8 cm³/mol. The Morgan fingerprint density at radius 1 is 1.12 bits per heavy atom. The molecule has 0 aliphatic carbocycles. The smallest absolute Gasteiger partial charge is 0.329 e. The predicted octanol–water partition coefficient (Wildman–Crippen LogP) is 2.15. The van der Waals surface area contributed by atoms with E-state index in [1.807, 2.05) is 0 Å². The van der Waals surface area contributed by atoms with Crippen molar-refractivity contribution in [3.63, 3.8) is 0 Å². The molecule has 96 valence electrons. The maximum Gasteiger partial charge on any atom is 0.401 e. The summed E-state index contributed by atoms with van der Waals surface area (Å²) in [4.78, 5) is 1.19. The molecule has 0 atom stereocenters. The van der Waals surface area contributed by atoms with Crippen LogP contribution in [0, 0.1) is 5.82 Å². The first kappa shape index (κ1) is 13.9. The van der Waals surface area contributed by atoms with E-state index in [-0.39, 0.29) is 19.6 Å². The SMILES string of the molecule is NCCN(Cc1ccc(F)cc1)CC(F)(F)F. The molecule has 0 aliphatic heterocycles. The van der Waals surface area contributed by atoms with Gasteiger partial charge >= 0.3 is 6.18 Å². The molecule has 1 rings (SSSR count). The maximum absolute atomic E-state index is 12.6.